The summed E-state index contributed by atoms with van der Waals surface area (Å²) >= 11 is 0. The van der Waals surface area contributed by atoms with Crippen molar-refractivity contribution in [1.82, 2.24) is 5.32 Å². The number of halogens is 1. The molecule has 1 saturated heterocycles. The van der Waals surface area contributed by atoms with Gasteiger partial charge in [-0.25, -0.2) is 9.18 Å². The number of anilines is 2. The van der Waals surface area contributed by atoms with Gasteiger partial charge in [0.05, 0.1) is 6.04 Å². The lowest BCUT2D eigenvalue weighted by molar-refractivity contribution is -0.117. The van der Waals surface area contributed by atoms with Crippen molar-refractivity contribution in [2.45, 2.75) is 26.3 Å². The average molecular weight is 341 g/mol. The summed E-state index contributed by atoms with van der Waals surface area (Å²) in [4.78, 5) is 25.9. The fraction of sp³-hybridized carbons (Fsp3) is 0.263. The molecule has 1 fully saturated rings. The highest BCUT2D eigenvalue weighted by Crippen LogP contribution is 2.22. The molecule has 2 aromatic rings. The van der Waals surface area contributed by atoms with E-state index in [0.29, 0.717) is 12.2 Å². The molecule has 1 heterocycles. The second-order valence-corrected chi connectivity index (χ2v) is 6.30. The van der Waals surface area contributed by atoms with Gasteiger partial charge in [0, 0.05) is 24.3 Å². The van der Waals surface area contributed by atoms with E-state index in [9.17, 15) is 14.0 Å². The highest BCUT2D eigenvalue weighted by atomic mass is 19.1. The van der Waals surface area contributed by atoms with E-state index in [1.54, 1.807) is 12.1 Å². The molecule has 0 bridgehead atoms. The number of benzene rings is 2. The van der Waals surface area contributed by atoms with E-state index < -0.39 is 5.82 Å². The summed E-state index contributed by atoms with van der Waals surface area (Å²) < 4.78 is 13.3. The van der Waals surface area contributed by atoms with Gasteiger partial charge in [-0.05, 0) is 49.2 Å². The number of hydrogen-bond acceptors (Lipinski definition) is 2. The standard InChI is InChI=1S/C19H20FN3O2/c1-12-6-7-13(2)17(8-12)22-19(25)21-15-10-18(24)23(11-15)16-5-3-4-14(20)9-16/h3-9,15H,10-11H2,1-2H3,(H2,21,22,25). The number of amides is 3. The van der Waals surface area contributed by atoms with Crippen LogP contribution in [-0.2, 0) is 4.79 Å². The Morgan fingerprint density at radius 1 is 1.20 bits per heavy atom. The van der Waals surface area contributed by atoms with Crippen molar-refractivity contribution in [3.8, 4) is 0 Å². The lowest BCUT2D eigenvalue weighted by Gasteiger charge is -2.18. The number of rotatable bonds is 3. The first-order valence-corrected chi connectivity index (χ1v) is 8.13. The van der Waals surface area contributed by atoms with Crippen molar-refractivity contribution in [3.63, 3.8) is 0 Å². The van der Waals surface area contributed by atoms with E-state index in [2.05, 4.69) is 10.6 Å². The Labute approximate surface area is 145 Å². The monoisotopic (exact) mass is 341 g/mol. The molecule has 0 aliphatic carbocycles. The van der Waals surface area contributed by atoms with Gasteiger partial charge in [-0.15, -0.1) is 0 Å². The minimum atomic E-state index is -0.394. The predicted molar refractivity (Wildman–Crippen MR) is 95.2 cm³/mol. The van der Waals surface area contributed by atoms with E-state index >= 15 is 0 Å². The lowest BCUT2D eigenvalue weighted by Crippen LogP contribution is -2.39. The normalized spacial score (nSPS) is 16.8. The van der Waals surface area contributed by atoms with Crippen LogP contribution >= 0.6 is 0 Å². The van der Waals surface area contributed by atoms with Crippen molar-refractivity contribution in [1.29, 1.82) is 0 Å². The van der Waals surface area contributed by atoms with Crippen molar-refractivity contribution in [2.75, 3.05) is 16.8 Å². The molecule has 3 amide bonds. The third-order valence-electron chi connectivity index (χ3n) is 4.22. The first-order valence-electron chi connectivity index (χ1n) is 8.13. The third kappa shape index (κ3) is 3.96. The van der Waals surface area contributed by atoms with Crippen LogP contribution in [0.1, 0.15) is 17.5 Å². The van der Waals surface area contributed by atoms with E-state index in [4.69, 9.17) is 0 Å². The molecule has 1 aliphatic heterocycles. The van der Waals surface area contributed by atoms with Crippen LogP contribution in [0.5, 0.6) is 0 Å². The number of nitrogens with zero attached hydrogens (tertiary/aromatic N) is 1. The second-order valence-electron chi connectivity index (χ2n) is 6.30. The molecule has 1 aliphatic rings. The summed E-state index contributed by atoms with van der Waals surface area (Å²) in [5, 5.41) is 5.63. The number of nitrogens with one attached hydrogen (secondary N) is 2. The van der Waals surface area contributed by atoms with Gasteiger partial charge in [0.15, 0.2) is 0 Å². The summed E-state index contributed by atoms with van der Waals surface area (Å²) in [6.07, 6.45) is 0.191. The van der Waals surface area contributed by atoms with Crippen LogP contribution in [0.2, 0.25) is 0 Å². The first-order chi connectivity index (χ1) is 11.9. The highest BCUT2D eigenvalue weighted by molar-refractivity contribution is 5.97. The van der Waals surface area contributed by atoms with Gasteiger partial charge in [0.1, 0.15) is 5.82 Å². The maximum absolute atomic E-state index is 13.3. The van der Waals surface area contributed by atoms with Crippen LogP contribution < -0.4 is 15.5 Å². The molecule has 5 nitrogen and oxygen atoms in total. The number of carbonyl (C=O) groups is 2. The van der Waals surface area contributed by atoms with Crippen molar-refractivity contribution in [2.24, 2.45) is 0 Å². The smallest absolute Gasteiger partial charge is 0.319 e. The SMILES string of the molecule is Cc1ccc(C)c(NC(=O)NC2CC(=O)N(c3cccc(F)c3)C2)c1. The molecule has 1 atom stereocenters. The molecule has 0 spiro atoms. The Morgan fingerprint density at radius 3 is 2.76 bits per heavy atom. The van der Waals surface area contributed by atoms with Gasteiger partial charge < -0.3 is 15.5 Å². The molecule has 6 heteroatoms. The van der Waals surface area contributed by atoms with Gasteiger partial charge in [0.2, 0.25) is 5.91 Å². The van der Waals surface area contributed by atoms with Crippen LogP contribution in [0.25, 0.3) is 0 Å². The number of urea groups is 1. The molecule has 0 radical (unpaired) electrons. The molecule has 130 valence electrons. The Bertz CT molecular complexity index is 822. The minimum absolute atomic E-state index is 0.136. The maximum Gasteiger partial charge on any atom is 0.319 e. The molecule has 0 saturated carbocycles. The van der Waals surface area contributed by atoms with E-state index in [0.717, 1.165) is 16.8 Å². The minimum Gasteiger partial charge on any atom is -0.333 e. The molecular weight excluding hydrogens is 321 g/mol. The maximum atomic E-state index is 13.3. The lowest BCUT2D eigenvalue weighted by atomic mass is 10.1. The molecule has 25 heavy (non-hydrogen) atoms. The summed E-state index contributed by atoms with van der Waals surface area (Å²) in [6, 6.07) is 11.0. The van der Waals surface area contributed by atoms with Crippen LogP contribution in [-0.4, -0.2) is 24.5 Å². The van der Waals surface area contributed by atoms with E-state index in [-0.39, 0.29) is 24.4 Å². The fourth-order valence-corrected chi connectivity index (χ4v) is 2.91. The van der Waals surface area contributed by atoms with Gasteiger partial charge in [-0.3, -0.25) is 4.79 Å². The molecule has 0 aromatic heterocycles. The highest BCUT2D eigenvalue weighted by Gasteiger charge is 2.31. The van der Waals surface area contributed by atoms with E-state index in [1.807, 2.05) is 32.0 Å². The topological polar surface area (TPSA) is 61.4 Å². The summed E-state index contributed by atoms with van der Waals surface area (Å²) in [5.41, 5.74) is 3.26. The quantitative estimate of drug-likeness (QED) is 0.899. The van der Waals surface area contributed by atoms with Crippen LogP contribution in [0.3, 0.4) is 0 Å². The predicted octanol–water partition coefficient (Wildman–Crippen LogP) is 3.37. The fourth-order valence-electron chi connectivity index (χ4n) is 2.91. The zero-order valence-corrected chi connectivity index (χ0v) is 14.2. The summed E-state index contributed by atoms with van der Waals surface area (Å²) in [7, 11) is 0. The number of hydrogen-bond donors (Lipinski definition) is 2. The number of carbonyl (C=O) groups excluding carboxylic acids is 2. The molecule has 2 aromatic carbocycles. The number of aryl methyl sites for hydroxylation is 2. The average Bonchev–Trinajstić information content (AvgIpc) is 2.91. The van der Waals surface area contributed by atoms with Crippen LogP contribution in [0, 0.1) is 19.7 Å². The first kappa shape index (κ1) is 17.0. The van der Waals surface area contributed by atoms with Crippen molar-refractivity contribution >= 4 is 23.3 Å². The Balaban J connectivity index is 1.63. The van der Waals surface area contributed by atoms with Crippen LogP contribution in [0.15, 0.2) is 42.5 Å². The summed E-state index contributed by atoms with van der Waals surface area (Å²) in [5.74, 6) is -0.531. The Morgan fingerprint density at radius 2 is 2.00 bits per heavy atom. The zero-order chi connectivity index (χ0) is 18.0. The molecule has 1 unspecified atom stereocenters. The van der Waals surface area contributed by atoms with E-state index in [1.165, 1.54) is 17.0 Å². The second kappa shape index (κ2) is 6.93. The van der Waals surface area contributed by atoms with Crippen molar-refractivity contribution in [3.05, 3.63) is 59.4 Å². The van der Waals surface area contributed by atoms with Crippen LogP contribution in [0.4, 0.5) is 20.6 Å². The van der Waals surface area contributed by atoms with Gasteiger partial charge >= 0.3 is 6.03 Å². The Kier molecular flexibility index (Phi) is 4.70. The molecular formula is C19H20FN3O2. The van der Waals surface area contributed by atoms with Gasteiger partial charge in [-0.2, -0.15) is 0 Å². The largest absolute Gasteiger partial charge is 0.333 e. The van der Waals surface area contributed by atoms with Crippen molar-refractivity contribution < 1.29 is 14.0 Å². The third-order valence-corrected chi connectivity index (χ3v) is 4.22. The zero-order valence-electron chi connectivity index (χ0n) is 14.2. The summed E-state index contributed by atoms with van der Waals surface area (Å²) in [6.45, 7) is 4.19. The molecule has 2 N–H and O–H groups in total. The van der Waals surface area contributed by atoms with Gasteiger partial charge in [-0.1, -0.05) is 18.2 Å². The van der Waals surface area contributed by atoms with Gasteiger partial charge in [0.25, 0.3) is 0 Å². The Hall–Kier alpha value is -2.89. The molecule has 3 rings (SSSR count).